The minimum Gasteiger partial charge on any atom is -0.302 e. The van der Waals surface area contributed by atoms with Crippen molar-refractivity contribution in [2.24, 2.45) is 0 Å². The zero-order valence-electron chi connectivity index (χ0n) is 10.3. The highest BCUT2D eigenvalue weighted by molar-refractivity contribution is 8.14. The molecule has 18 heavy (non-hydrogen) atoms. The number of thioether (sulfide) groups is 1. The molecule has 2 heterocycles. The topological polar surface area (TPSA) is 20.3 Å². The van der Waals surface area contributed by atoms with Gasteiger partial charge in [0, 0.05) is 12.1 Å². The highest BCUT2D eigenvalue weighted by Crippen LogP contribution is 2.41. The Morgan fingerprint density at radius 2 is 1.89 bits per heavy atom. The molecule has 0 N–H and O–H groups in total. The number of likely N-dealkylation sites (tertiary alicyclic amines) is 1. The summed E-state index contributed by atoms with van der Waals surface area (Å²) in [5.41, 5.74) is 2.17. The SMILES string of the molecule is Cl.O=C1SC(CN2CCCCC2)c2ccccc21. The van der Waals surface area contributed by atoms with Crippen molar-refractivity contribution in [2.75, 3.05) is 19.6 Å². The van der Waals surface area contributed by atoms with E-state index in [9.17, 15) is 4.79 Å². The van der Waals surface area contributed by atoms with E-state index >= 15 is 0 Å². The number of fused-ring (bicyclic) bond motifs is 1. The standard InChI is InChI=1S/C14H17NOS.ClH/c16-14-12-7-3-2-6-11(12)13(17-14)10-15-8-4-1-5-9-15;/h2-3,6-7,13H,1,4-5,8-10H2;1H. The Kier molecular flexibility index (Phi) is 4.71. The highest BCUT2D eigenvalue weighted by Gasteiger charge is 2.31. The second kappa shape index (κ2) is 6.09. The van der Waals surface area contributed by atoms with Crippen LogP contribution in [0.15, 0.2) is 24.3 Å². The molecule has 2 aliphatic heterocycles. The summed E-state index contributed by atoms with van der Waals surface area (Å²) in [6.07, 6.45) is 3.99. The van der Waals surface area contributed by atoms with Crippen LogP contribution in [0.25, 0.3) is 0 Å². The van der Waals surface area contributed by atoms with E-state index in [1.807, 2.05) is 18.2 Å². The summed E-state index contributed by atoms with van der Waals surface area (Å²) in [7, 11) is 0. The van der Waals surface area contributed by atoms with Gasteiger partial charge in [-0.2, -0.15) is 0 Å². The summed E-state index contributed by atoms with van der Waals surface area (Å²) in [6.45, 7) is 3.44. The molecule has 0 aliphatic carbocycles. The quantitative estimate of drug-likeness (QED) is 0.828. The third kappa shape index (κ3) is 2.73. The van der Waals surface area contributed by atoms with Crippen LogP contribution >= 0.6 is 24.2 Å². The summed E-state index contributed by atoms with van der Waals surface area (Å²) in [6, 6.07) is 8.07. The van der Waals surface area contributed by atoms with E-state index in [0.717, 1.165) is 12.1 Å². The van der Waals surface area contributed by atoms with Gasteiger partial charge in [0.05, 0.1) is 5.25 Å². The first-order valence-electron chi connectivity index (χ1n) is 6.37. The molecule has 0 amide bonds. The Labute approximate surface area is 119 Å². The second-order valence-electron chi connectivity index (χ2n) is 4.84. The molecule has 2 aliphatic rings. The molecule has 2 nitrogen and oxygen atoms in total. The van der Waals surface area contributed by atoms with Gasteiger partial charge in [-0.05, 0) is 31.5 Å². The van der Waals surface area contributed by atoms with Crippen molar-refractivity contribution in [1.29, 1.82) is 0 Å². The Morgan fingerprint density at radius 1 is 1.17 bits per heavy atom. The summed E-state index contributed by atoms with van der Waals surface area (Å²) in [5, 5.41) is 0.611. The maximum Gasteiger partial charge on any atom is 0.220 e. The molecule has 0 saturated carbocycles. The van der Waals surface area contributed by atoms with Gasteiger partial charge in [-0.15, -0.1) is 12.4 Å². The maximum atomic E-state index is 11.9. The molecule has 0 aromatic heterocycles. The number of piperidine rings is 1. The fourth-order valence-corrected chi connectivity index (χ4v) is 3.92. The molecule has 98 valence electrons. The van der Waals surface area contributed by atoms with E-state index in [1.54, 1.807) is 0 Å². The van der Waals surface area contributed by atoms with Gasteiger partial charge < -0.3 is 4.90 Å². The monoisotopic (exact) mass is 283 g/mol. The summed E-state index contributed by atoms with van der Waals surface area (Å²) in [4.78, 5) is 14.4. The Bertz CT molecular complexity index is 432. The van der Waals surface area contributed by atoms with E-state index in [2.05, 4.69) is 11.0 Å². The number of benzene rings is 1. The Balaban J connectivity index is 0.00000120. The lowest BCUT2D eigenvalue weighted by Crippen LogP contribution is -2.32. The molecule has 1 aromatic carbocycles. The number of carbonyl (C=O) groups excluding carboxylic acids is 1. The fourth-order valence-electron chi connectivity index (χ4n) is 2.73. The van der Waals surface area contributed by atoms with Gasteiger partial charge in [0.2, 0.25) is 5.12 Å². The second-order valence-corrected chi connectivity index (χ2v) is 6.02. The van der Waals surface area contributed by atoms with Gasteiger partial charge >= 0.3 is 0 Å². The van der Waals surface area contributed by atoms with E-state index in [0.29, 0.717) is 5.25 Å². The molecular formula is C14H18ClNOS. The van der Waals surface area contributed by atoms with Crippen molar-refractivity contribution in [3.05, 3.63) is 35.4 Å². The lowest BCUT2D eigenvalue weighted by molar-refractivity contribution is 0.109. The van der Waals surface area contributed by atoms with Crippen LogP contribution in [0.4, 0.5) is 0 Å². The molecule has 0 radical (unpaired) electrons. The van der Waals surface area contributed by atoms with Gasteiger partial charge in [-0.25, -0.2) is 0 Å². The average Bonchev–Trinajstić information content (AvgIpc) is 2.69. The normalized spacial score (nSPS) is 23.6. The summed E-state index contributed by atoms with van der Waals surface area (Å²) >= 11 is 1.51. The number of rotatable bonds is 2. The van der Waals surface area contributed by atoms with Crippen LogP contribution in [0, 0.1) is 0 Å². The lowest BCUT2D eigenvalue weighted by Gasteiger charge is -2.28. The molecular weight excluding hydrogens is 266 g/mol. The first-order valence-corrected chi connectivity index (χ1v) is 7.25. The van der Waals surface area contributed by atoms with Crippen LogP contribution in [0.5, 0.6) is 0 Å². The van der Waals surface area contributed by atoms with Crippen LogP contribution in [0.2, 0.25) is 0 Å². The largest absolute Gasteiger partial charge is 0.302 e. The predicted octanol–water partition coefficient (Wildman–Crippen LogP) is 3.52. The maximum absolute atomic E-state index is 11.9. The van der Waals surface area contributed by atoms with Crippen molar-refractivity contribution in [1.82, 2.24) is 4.90 Å². The van der Waals surface area contributed by atoms with E-state index in [4.69, 9.17) is 0 Å². The Hall–Kier alpha value is -0.510. The van der Waals surface area contributed by atoms with Crippen molar-refractivity contribution in [2.45, 2.75) is 24.5 Å². The van der Waals surface area contributed by atoms with Crippen LogP contribution in [0.3, 0.4) is 0 Å². The summed E-state index contributed by atoms with van der Waals surface area (Å²) < 4.78 is 0. The number of hydrogen-bond acceptors (Lipinski definition) is 3. The first kappa shape index (κ1) is 13.9. The molecule has 1 aromatic rings. The molecule has 0 spiro atoms. The van der Waals surface area contributed by atoms with E-state index in [-0.39, 0.29) is 17.5 Å². The average molecular weight is 284 g/mol. The van der Waals surface area contributed by atoms with E-state index < -0.39 is 0 Å². The summed E-state index contributed by atoms with van der Waals surface area (Å²) in [5.74, 6) is 0. The highest BCUT2D eigenvalue weighted by atomic mass is 35.5. The van der Waals surface area contributed by atoms with Crippen molar-refractivity contribution in [3.8, 4) is 0 Å². The number of carbonyl (C=O) groups is 1. The molecule has 0 bridgehead atoms. The van der Waals surface area contributed by atoms with Crippen LogP contribution in [-0.2, 0) is 0 Å². The smallest absolute Gasteiger partial charge is 0.220 e. The molecule has 1 atom stereocenters. The van der Waals surface area contributed by atoms with Crippen molar-refractivity contribution in [3.63, 3.8) is 0 Å². The minimum absolute atomic E-state index is 0. The number of hydrogen-bond donors (Lipinski definition) is 0. The molecule has 1 saturated heterocycles. The van der Waals surface area contributed by atoms with Gasteiger partial charge in [-0.1, -0.05) is 42.4 Å². The van der Waals surface area contributed by atoms with Crippen LogP contribution in [-0.4, -0.2) is 29.6 Å². The van der Waals surface area contributed by atoms with Gasteiger partial charge in [-0.3, -0.25) is 4.79 Å². The fraction of sp³-hybridized carbons (Fsp3) is 0.500. The van der Waals surface area contributed by atoms with Gasteiger partial charge in [0.15, 0.2) is 0 Å². The zero-order chi connectivity index (χ0) is 11.7. The molecule has 3 rings (SSSR count). The predicted molar refractivity (Wildman–Crippen MR) is 78.6 cm³/mol. The first-order chi connectivity index (χ1) is 8.34. The van der Waals surface area contributed by atoms with Crippen molar-refractivity contribution < 1.29 is 4.79 Å². The minimum atomic E-state index is 0. The third-order valence-electron chi connectivity index (χ3n) is 3.65. The number of halogens is 1. The van der Waals surface area contributed by atoms with Crippen LogP contribution < -0.4 is 0 Å². The molecule has 1 unspecified atom stereocenters. The third-order valence-corrected chi connectivity index (χ3v) is 4.77. The van der Waals surface area contributed by atoms with Crippen LogP contribution in [0.1, 0.15) is 40.4 Å². The molecule has 1 fully saturated rings. The molecule has 4 heteroatoms. The van der Waals surface area contributed by atoms with E-state index in [1.165, 1.54) is 49.7 Å². The zero-order valence-corrected chi connectivity index (χ0v) is 11.9. The van der Waals surface area contributed by atoms with Gasteiger partial charge in [0.1, 0.15) is 0 Å². The van der Waals surface area contributed by atoms with Gasteiger partial charge in [0.25, 0.3) is 0 Å². The number of nitrogens with zero attached hydrogens (tertiary/aromatic N) is 1. The Morgan fingerprint density at radius 3 is 2.67 bits per heavy atom. The lowest BCUT2D eigenvalue weighted by atomic mass is 10.0. The van der Waals surface area contributed by atoms with Crippen molar-refractivity contribution >= 4 is 29.3 Å².